The van der Waals surface area contributed by atoms with Crippen LogP contribution in [0, 0.1) is 19.8 Å². The average molecular weight is 456 g/mol. The predicted octanol–water partition coefficient (Wildman–Crippen LogP) is 4.29. The number of hydrogen-bond donors (Lipinski definition) is 2. The van der Waals surface area contributed by atoms with E-state index in [1.807, 2.05) is 10.3 Å². The van der Waals surface area contributed by atoms with E-state index in [4.69, 9.17) is 9.72 Å². The number of nitrogens with one attached hydrogen (secondary N) is 1. The second-order valence-electron chi connectivity index (χ2n) is 8.73. The maximum absolute atomic E-state index is 13.0. The van der Waals surface area contributed by atoms with Crippen molar-refractivity contribution in [3.8, 4) is 11.1 Å². The molecule has 1 atom stereocenters. The molecule has 0 saturated carbocycles. The van der Waals surface area contributed by atoms with Crippen LogP contribution in [0.3, 0.4) is 0 Å². The Morgan fingerprint density at radius 1 is 1.28 bits per heavy atom. The van der Waals surface area contributed by atoms with Gasteiger partial charge in [0.1, 0.15) is 10.7 Å². The largest absolute Gasteiger partial charge is 0.389 e. The quantitative estimate of drug-likeness (QED) is 0.422. The lowest BCUT2D eigenvalue weighted by atomic mass is 9.99. The van der Waals surface area contributed by atoms with Crippen LogP contribution in [0.1, 0.15) is 30.8 Å². The minimum atomic E-state index is -0.623. The molecule has 0 spiro atoms. The molecule has 0 saturated heterocycles. The number of aromatic amines is 1. The van der Waals surface area contributed by atoms with Gasteiger partial charge in [-0.3, -0.25) is 9.69 Å². The summed E-state index contributed by atoms with van der Waals surface area (Å²) in [5.41, 5.74) is 4.17. The molecule has 0 fully saturated rings. The molecule has 0 aliphatic heterocycles. The molecule has 32 heavy (non-hydrogen) atoms. The van der Waals surface area contributed by atoms with Crippen molar-refractivity contribution in [3.63, 3.8) is 0 Å². The molecule has 6 nitrogen and oxygen atoms in total. The normalized spacial score (nSPS) is 12.7. The molecule has 2 N–H and O–H groups in total. The van der Waals surface area contributed by atoms with Crippen LogP contribution in [0.25, 0.3) is 21.3 Å². The number of fused-ring (bicyclic) bond motifs is 1. The summed E-state index contributed by atoms with van der Waals surface area (Å²) in [6.07, 6.45) is 1.16. The summed E-state index contributed by atoms with van der Waals surface area (Å²) in [7, 11) is 0. The van der Waals surface area contributed by atoms with Gasteiger partial charge in [-0.1, -0.05) is 43.7 Å². The highest BCUT2D eigenvalue weighted by molar-refractivity contribution is 7.17. The first-order chi connectivity index (χ1) is 15.3. The first-order valence-electron chi connectivity index (χ1n) is 11.0. The number of nitrogens with zero attached hydrogens (tertiary/aromatic N) is 2. The minimum absolute atomic E-state index is 0.138. The van der Waals surface area contributed by atoms with Crippen LogP contribution in [0.15, 0.2) is 41.0 Å². The Bertz CT molecular complexity index is 1120. The lowest BCUT2D eigenvalue weighted by Crippen LogP contribution is -2.35. The van der Waals surface area contributed by atoms with Gasteiger partial charge >= 0.3 is 0 Å². The van der Waals surface area contributed by atoms with Crippen molar-refractivity contribution in [2.24, 2.45) is 5.92 Å². The molecule has 1 aromatic carbocycles. The van der Waals surface area contributed by atoms with Gasteiger partial charge in [-0.05, 0) is 30.9 Å². The zero-order valence-electron chi connectivity index (χ0n) is 19.4. The Kier molecular flexibility index (Phi) is 8.37. The second-order valence-corrected chi connectivity index (χ2v) is 9.59. The van der Waals surface area contributed by atoms with E-state index >= 15 is 0 Å². The Morgan fingerprint density at radius 2 is 2.06 bits per heavy atom. The number of thiophene rings is 1. The molecule has 2 heterocycles. The topological polar surface area (TPSA) is 78.5 Å². The van der Waals surface area contributed by atoms with Gasteiger partial charge in [0, 0.05) is 30.6 Å². The van der Waals surface area contributed by atoms with Crippen LogP contribution < -0.4 is 5.56 Å². The molecule has 3 rings (SSSR count). The van der Waals surface area contributed by atoms with Crippen LogP contribution in [-0.4, -0.2) is 52.4 Å². The number of hydrogen-bond acceptors (Lipinski definition) is 6. The van der Waals surface area contributed by atoms with Gasteiger partial charge in [0.2, 0.25) is 0 Å². The van der Waals surface area contributed by atoms with Gasteiger partial charge in [-0.25, -0.2) is 4.98 Å². The summed E-state index contributed by atoms with van der Waals surface area (Å²) in [5.74, 6) is 1.00. The van der Waals surface area contributed by atoms with E-state index in [0.29, 0.717) is 43.4 Å². The molecule has 0 aliphatic rings. The molecule has 7 heteroatoms. The van der Waals surface area contributed by atoms with E-state index in [1.54, 1.807) is 6.08 Å². The number of aromatic nitrogens is 2. The van der Waals surface area contributed by atoms with E-state index in [-0.39, 0.29) is 12.2 Å². The molecule has 0 bridgehead atoms. The third-order valence-corrected chi connectivity index (χ3v) is 6.03. The maximum Gasteiger partial charge on any atom is 0.260 e. The number of ether oxygens (including phenoxy) is 1. The van der Waals surface area contributed by atoms with Crippen molar-refractivity contribution < 1.29 is 9.84 Å². The van der Waals surface area contributed by atoms with Crippen LogP contribution in [0.2, 0.25) is 0 Å². The van der Waals surface area contributed by atoms with Gasteiger partial charge in [0.15, 0.2) is 0 Å². The monoisotopic (exact) mass is 455 g/mol. The third-order valence-electron chi connectivity index (χ3n) is 5.16. The Labute approximate surface area is 193 Å². The smallest absolute Gasteiger partial charge is 0.260 e. The Balaban J connectivity index is 1.79. The highest BCUT2D eigenvalue weighted by atomic mass is 32.1. The molecule has 0 aliphatic carbocycles. The molecular formula is C25H33N3O3S. The fourth-order valence-electron chi connectivity index (χ4n) is 3.77. The number of aliphatic hydroxyl groups is 1. The molecule has 0 amide bonds. The fraction of sp³-hybridized carbons (Fsp3) is 0.440. The van der Waals surface area contributed by atoms with Crippen molar-refractivity contribution >= 4 is 21.6 Å². The summed E-state index contributed by atoms with van der Waals surface area (Å²) in [4.78, 5) is 23.4. The number of aliphatic hydroxyl groups excluding tert-OH is 1. The van der Waals surface area contributed by atoms with Gasteiger partial charge in [0.25, 0.3) is 5.56 Å². The van der Waals surface area contributed by atoms with Gasteiger partial charge in [0.05, 0.1) is 24.6 Å². The fourth-order valence-corrected chi connectivity index (χ4v) is 4.73. The summed E-state index contributed by atoms with van der Waals surface area (Å²) in [6, 6.07) is 6.25. The number of aryl methyl sites for hydroxylation is 2. The first-order valence-corrected chi connectivity index (χ1v) is 11.8. The maximum atomic E-state index is 13.0. The van der Waals surface area contributed by atoms with Gasteiger partial charge in [-0.2, -0.15) is 0 Å². The lowest BCUT2D eigenvalue weighted by molar-refractivity contribution is 0.00837. The van der Waals surface area contributed by atoms with Gasteiger partial charge < -0.3 is 14.8 Å². The van der Waals surface area contributed by atoms with Crippen LogP contribution in [0.5, 0.6) is 0 Å². The first kappa shape index (κ1) is 24.3. The van der Waals surface area contributed by atoms with Gasteiger partial charge in [-0.15, -0.1) is 17.9 Å². The Hall–Kier alpha value is -2.32. The van der Waals surface area contributed by atoms with Crippen LogP contribution in [-0.2, 0) is 11.3 Å². The molecule has 1 unspecified atom stereocenters. The van der Waals surface area contributed by atoms with E-state index in [0.717, 1.165) is 21.5 Å². The van der Waals surface area contributed by atoms with Crippen molar-refractivity contribution in [1.29, 1.82) is 0 Å². The molecule has 2 aromatic heterocycles. The highest BCUT2D eigenvalue weighted by Crippen LogP contribution is 2.33. The van der Waals surface area contributed by atoms with E-state index in [2.05, 4.69) is 57.5 Å². The van der Waals surface area contributed by atoms with Crippen LogP contribution >= 0.6 is 11.3 Å². The third kappa shape index (κ3) is 6.13. The highest BCUT2D eigenvalue weighted by Gasteiger charge is 2.17. The van der Waals surface area contributed by atoms with E-state index in [9.17, 15) is 9.90 Å². The molecule has 172 valence electrons. The van der Waals surface area contributed by atoms with Crippen molar-refractivity contribution in [2.45, 2.75) is 40.3 Å². The number of rotatable bonds is 11. The van der Waals surface area contributed by atoms with Crippen molar-refractivity contribution in [1.82, 2.24) is 14.9 Å². The van der Waals surface area contributed by atoms with E-state index in [1.165, 1.54) is 16.9 Å². The summed E-state index contributed by atoms with van der Waals surface area (Å²) < 4.78 is 5.55. The standard InChI is InChI=1S/C25H33N3O3S/c1-6-9-28(11-19(29)14-31-13-16(2)3)12-22-26-24(30)23-21(15-32-25(23)27-22)20-8-7-17(4)10-18(20)5/h6-8,10,15-16,19,29H,1,9,11-14H2,2-5H3,(H,26,27,30). The predicted molar refractivity (Wildman–Crippen MR) is 132 cm³/mol. The molecule has 0 radical (unpaired) electrons. The lowest BCUT2D eigenvalue weighted by Gasteiger charge is -2.23. The molecule has 3 aromatic rings. The molecular weight excluding hydrogens is 422 g/mol. The number of H-pyrrole nitrogens is 1. The zero-order valence-corrected chi connectivity index (χ0v) is 20.2. The number of benzene rings is 1. The van der Waals surface area contributed by atoms with E-state index < -0.39 is 6.10 Å². The average Bonchev–Trinajstić information content (AvgIpc) is 3.12. The second kappa shape index (κ2) is 11.0. The van der Waals surface area contributed by atoms with Crippen molar-refractivity contribution in [3.05, 3.63) is 63.5 Å². The zero-order chi connectivity index (χ0) is 23.3. The summed E-state index contributed by atoms with van der Waals surface area (Å²) >= 11 is 1.48. The summed E-state index contributed by atoms with van der Waals surface area (Å²) in [6.45, 7) is 14.4. The Morgan fingerprint density at radius 3 is 2.75 bits per heavy atom. The van der Waals surface area contributed by atoms with Crippen LogP contribution in [0.4, 0.5) is 0 Å². The summed E-state index contributed by atoms with van der Waals surface area (Å²) in [5, 5.41) is 13.0. The SMILES string of the molecule is C=CCN(Cc1nc2scc(-c3ccc(C)cc3C)c2c(=O)[nH]1)CC(O)COCC(C)C. The minimum Gasteiger partial charge on any atom is -0.389 e. The van der Waals surface area contributed by atoms with Crippen molar-refractivity contribution in [2.75, 3.05) is 26.3 Å².